The van der Waals surface area contributed by atoms with Gasteiger partial charge in [-0.15, -0.1) is 10.2 Å². The first-order valence-corrected chi connectivity index (χ1v) is 9.90. The van der Waals surface area contributed by atoms with Gasteiger partial charge in [0.2, 0.25) is 11.0 Å². The Balaban J connectivity index is 1.79. The molecule has 0 aliphatic heterocycles. The Morgan fingerprint density at radius 3 is 2.92 bits per heavy atom. The maximum atomic E-state index is 11.9. The smallest absolute Gasteiger partial charge is 0.336 e. The number of hydrogen-bond donors (Lipinski definition) is 2. The Bertz CT molecular complexity index is 984. The summed E-state index contributed by atoms with van der Waals surface area (Å²) in [6, 6.07) is 6.78. The minimum absolute atomic E-state index is 0.179. The van der Waals surface area contributed by atoms with Crippen molar-refractivity contribution in [2.75, 3.05) is 17.2 Å². The third-order valence-corrected chi connectivity index (χ3v) is 5.50. The first kappa shape index (κ1) is 18.4. The highest BCUT2D eigenvalue weighted by atomic mass is 32.2. The predicted molar refractivity (Wildman–Crippen MR) is 105 cm³/mol. The van der Waals surface area contributed by atoms with Crippen LogP contribution in [0.5, 0.6) is 0 Å². The molecule has 1 amide bonds. The second-order valence-corrected chi connectivity index (χ2v) is 7.77. The molecule has 0 atom stereocenters. The molecule has 1 aromatic carbocycles. The van der Waals surface area contributed by atoms with Crippen molar-refractivity contribution >= 4 is 50.8 Å². The molecule has 2 heterocycles. The maximum absolute atomic E-state index is 11.9. The number of nitrogens with one attached hydrogen (secondary N) is 2. The zero-order chi connectivity index (χ0) is 18.5. The molecule has 0 bridgehead atoms. The van der Waals surface area contributed by atoms with Crippen molar-refractivity contribution in [3.63, 3.8) is 0 Å². The zero-order valence-electron chi connectivity index (χ0n) is 14.4. The third kappa shape index (κ3) is 4.61. The van der Waals surface area contributed by atoms with Crippen LogP contribution in [-0.4, -0.2) is 22.6 Å². The molecule has 0 spiro atoms. The number of carbonyl (C=O) groups excluding carboxylic acids is 1. The summed E-state index contributed by atoms with van der Waals surface area (Å²) in [5, 5.41) is 15.8. The van der Waals surface area contributed by atoms with Crippen LogP contribution in [0.4, 0.5) is 10.8 Å². The van der Waals surface area contributed by atoms with Crippen LogP contribution in [0.15, 0.2) is 37.8 Å². The number of fused-ring (bicyclic) bond motifs is 1. The van der Waals surface area contributed by atoms with Gasteiger partial charge in [-0.1, -0.05) is 30.0 Å². The molecule has 0 radical (unpaired) electrons. The summed E-state index contributed by atoms with van der Waals surface area (Å²) in [6.07, 6.45) is 1.02. The molecule has 0 saturated carbocycles. The van der Waals surface area contributed by atoms with Gasteiger partial charge in [0, 0.05) is 42.4 Å². The predicted octanol–water partition coefficient (Wildman–Crippen LogP) is 3.72. The van der Waals surface area contributed by atoms with Crippen LogP contribution in [0.2, 0.25) is 0 Å². The number of amides is 1. The second-order valence-electron chi connectivity index (χ2n) is 5.57. The number of hydrogen-bond acceptors (Lipinski definition) is 8. The summed E-state index contributed by atoms with van der Waals surface area (Å²) < 4.78 is 6.11. The Morgan fingerprint density at radius 1 is 1.31 bits per heavy atom. The highest BCUT2D eigenvalue weighted by Gasteiger charge is 2.10. The minimum Gasteiger partial charge on any atom is -0.423 e. The molecular formula is C17H18N4O3S2. The average Bonchev–Trinajstić information content (AvgIpc) is 3.04. The lowest BCUT2D eigenvalue weighted by molar-refractivity contribution is -0.114. The van der Waals surface area contributed by atoms with Crippen molar-refractivity contribution in [3.8, 4) is 0 Å². The largest absolute Gasteiger partial charge is 0.423 e. The summed E-state index contributed by atoms with van der Waals surface area (Å²) in [4.78, 5) is 23.1. The summed E-state index contributed by atoms with van der Waals surface area (Å²) in [5.74, 6) is 0.395. The fraction of sp³-hybridized carbons (Fsp3) is 0.294. The van der Waals surface area contributed by atoms with E-state index in [2.05, 4.69) is 27.8 Å². The summed E-state index contributed by atoms with van der Waals surface area (Å²) in [6.45, 7) is 4.38. The van der Waals surface area contributed by atoms with E-state index in [1.54, 1.807) is 12.1 Å². The molecule has 0 unspecified atom stereocenters. The Kier molecular flexibility index (Phi) is 5.89. The van der Waals surface area contributed by atoms with Gasteiger partial charge in [0.1, 0.15) is 5.58 Å². The van der Waals surface area contributed by atoms with Gasteiger partial charge in [-0.05, 0) is 24.1 Å². The molecule has 2 aromatic heterocycles. The van der Waals surface area contributed by atoms with Gasteiger partial charge >= 0.3 is 5.63 Å². The molecule has 7 nitrogen and oxygen atoms in total. The number of rotatable bonds is 7. The van der Waals surface area contributed by atoms with Crippen molar-refractivity contribution in [2.45, 2.75) is 30.4 Å². The number of aromatic nitrogens is 2. The van der Waals surface area contributed by atoms with Gasteiger partial charge in [0.05, 0.1) is 0 Å². The molecule has 0 aliphatic rings. The van der Waals surface area contributed by atoms with E-state index >= 15 is 0 Å². The van der Waals surface area contributed by atoms with Crippen LogP contribution >= 0.6 is 23.1 Å². The van der Waals surface area contributed by atoms with Gasteiger partial charge in [-0.2, -0.15) is 0 Å². The van der Waals surface area contributed by atoms with E-state index in [0.29, 0.717) is 17.0 Å². The molecule has 0 saturated heterocycles. The van der Waals surface area contributed by atoms with Crippen LogP contribution < -0.4 is 16.3 Å². The Morgan fingerprint density at radius 2 is 2.15 bits per heavy atom. The van der Waals surface area contributed by atoms with Crippen LogP contribution in [-0.2, 0) is 10.5 Å². The second kappa shape index (κ2) is 8.33. The lowest BCUT2D eigenvalue weighted by atomic mass is 10.1. The number of benzene rings is 1. The number of thioether (sulfide) groups is 1. The summed E-state index contributed by atoms with van der Waals surface area (Å²) in [5.41, 5.74) is 1.47. The number of carbonyl (C=O) groups is 1. The van der Waals surface area contributed by atoms with Crippen LogP contribution in [0.3, 0.4) is 0 Å². The van der Waals surface area contributed by atoms with Crippen molar-refractivity contribution < 1.29 is 9.21 Å². The standard InChI is InChI=1S/C17H18N4O3S2/c1-3-6-18-16-20-21-17(26-16)25-9-11-7-15(23)24-14-8-12(19-10(2)22)4-5-13(11)14/h4-5,7-8H,3,6,9H2,1-2H3,(H,18,20)(H,19,22). The van der Waals surface area contributed by atoms with E-state index in [1.165, 1.54) is 36.1 Å². The van der Waals surface area contributed by atoms with Gasteiger partial charge in [-0.25, -0.2) is 4.79 Å². The van der Waals surface area contributed by atoms with Gasteiger partial charge in [0.15, 0.2) is 4.34 Å². The van der Waals surface area contributed by atoms with Gasteiger partial charge < -0.3 is 15.1 Å². The van der Waals surface area contributed by atoms with Crippen molar-refractivity contribution in [2.24, 2.45) is 0 Å². The minimum atomic E-state index is -0.421. The van der Waals surface area contributed by atoms with Crippen LogP contribution in [0, 0.1) is 0 Å². The molecule has 0 aliphatic carbocycles. The molecule has 3 aromatic rings. The van der Waals surface area contributed by atoms with Crippen LogP contribution in [0.25, 0.3) is 11.0 Å². The van der Waals surface area contributed by atoms with Gasteiger partial charge in [-0.3, -0.25) is 4.79 Å². The third-order valence-electron chi connectivity index (χ3n) is 3.43. The first-order valence-electron chi connectivity index (χ1n) is 8.09. The molecule has 3 rings (SSSR count). The normalized spacial score (nSPS) is 10.8. The summed E-state index contributed by atoms with van der Waals surface area (Å²) in [7, 11) is 0. The zero-order valence-corrected chi connectivity index (χ0v) is 16.0. The fourth-order valence-corrected chi connectivity index (χ4v) is 4.11. The molecular weight excluding hydrogens is 372 g/mol. The Labute approximate surface area is 158 Å². The molecule has 26 heavy (non-hydrogen) atoms. The first-order chi connectivity index (χ1) is 12.5. The lowest BCUT2D eigenvalue weighted by Crippen LogP contribution is -2.06. The maximum Gasteiger partial charge on any atom is 0.336 e. The topological polar surface area (TPSA) is 97.1 Å². The van der Waals surface area contributed by atoms with Gasteiger partial charge in [0.25, 0.3) is 0 Å². The highest BCUT2D eigenvalue weighted by molar-refractivity contribution is 8.00. The lowest BCUT2D eigenvalue weighted by Gasteiger charge is -2.06. The van der Waals surface area contributed by atoms with Crippen LogP contribution in [0.1, 0.15) is 25.8 Å². The van der Waals surface area contributed by atoms with E-state index in [-0.39, 0.29) is 5.91 Å². The van der Waals surface area contributed by atoms with E-state index in [1.807, 2.05) is 6.07 Å². The molecule has 0 fully saturated rings. The van der Waals surface area contributed by atoms with E-state index in [0.717, 1.165) is 33.4 Å². The molecule has 9 heteroatoms. The molecule has 2 N–H and O–H groups in total. The molecule has 136 valence electrons. The highest BCUT2D eigenvalue weighted by Crippen LogP contribution is 2.30. The Hall–Kier alpha value is -2.39. The average molecular weight is 390 g/mol. The van der Waals surface area contributed by atoms with E-state index in [4.69, 9.17) is 4.42 Å². The quantitative estimate of drug-likeness (QED) is 0.469. The van der Waals surface area contributed by atoms with E-state index < -0.39 is 5.63 Å². The van der Waals surface area contributed by atoms with Crippen molar-refractivity contribution in [1.29, 1.82) is 0 Å². The number of anilines is 2. The SMILES string of the molecule is CCCNc1nnc(SCc2cc(=O)oc3cc(NC(C)=O)ccc23)s1. The van der Waals surface area contributed by atoms with Crippen molar-refractivity contribution in [3.05, 3.63) is 40.2 Å². The summed E-state index contributed by atoms with van der Waals surface area (Å²) >= 11 is 3.01. The monoisotopic (exact) mass is 390 g/mol. The number of nitrogens with zero attached hydrogens (tertiary/aromatic N) is 2. The fourth-order valence-electron chi connectivity index (χ4n) is 2.34. The van der Waals surface area contributed by atoms with Crippen molar-refractivity contribution in [1.82, 2.24) is 10.2 Å². The van der Waals surface area contributed by atoms with E-state index in [9.17, 15) is 9.59 Å².